The molecule has 184 valence electrons. The summed E-state index contributed by atoms with van der Waals surface area (Å²) in [6.07, 6.45) is -7.82. The first-order chi connectivity index (χ1) is 16.4. The van der Waals surface area contributed by atoms with E-state index in [0.717, 1.165) is 12.1 Å². The van der Waals surface area contributed by atoms with E-state index in [1.54, 1.807) is 0 Å². The summed E-state index contributed by atoms with van der Waals surface area (Å²) >= 11 is 0. The first kappa shape index (κ1) is 23.3. The predicted octanol–water partition coefficient (Wildman–Crippen LogP) is 5.73. The number of Topliss-reactive ketones (excluding diaryl/α,β-unsaturated/α-hetero) is 1. The van der Waals surface area contributed by atoms with Crippen LogP contribution >= 0.6 is 0 Å². The van der Waals surface area contributed by atoms with Crippen LogP contribution < -0.4 is 9.47 Å². The molecule has 3 heterocycles. The van der Waals surface area contributed by atoms with Crippen LogP contribution in [0.15, 0.2) is 59.7 Å². The fraction of sp³-hybridized carbons (Fsp3) is 0.261. The van der Waals surface area contributed by atoms with Crippen LogP contribution in [0.4, 0.5) is 35.1 Å². The van der Waals surface area contributed by atoms with Gasteiger partial charge >= 0.3 is 36.3 Å². The van der Waals surface area contributed by atoms with Crippen LogP contribution in [0.1, 0.15) is 11.1 Å². The predicted molar refractivity (Wildman–Crippen MR) is 104 cm³/mol. The van der Waals surface area contributed by atoms with Crippen molar-refractivity contribution in [3.05, 3.63) is 70.8 Å². The zero-order chi connectivity index (χ0) is 25.4. The lowest BCUT2D eigenvalue weighted by atomic mass is 9.78. The molecule has 0 aromatic heterocycles. The Kier molecular flexibility index (Phi) is 4.86. The normalized spacial score (nSPS) is 25.5. The molecule has 0 spiro atoms. The van der Waals surface area contributed by atoms with Gasteiger partial charge in [0.25, 0.3) is 0 Å². The van der Waals surface area contributed by atoms with Gasteiger partial charge in [0.15, 0.2) is 5.78 Å². The molecule has 0 saturated carbocycles. The van der Waals surface area contributed by atoms with Crippen LogP contribution in [-0.2, 0) is 9.53 Å². The van der Waals surface area contributed by atoms with Crippen molar-refractivity contribution < 1.29 is 54.1 Å². The SMILES string of the molecule is O=C1C2=Cc3ccccc3O[C@@]2(C(F)(F)C(F)F)O[C@]2(C(F)(F)C(F)F)Oc3ccccc3C=C12. The van der Waals surface area contributed by atoms with Gasteiger partial charge in [-0.25, -0.2) is 17.6 Å². The molecule has 35 heavy (non-hydrogen) atoms. The van der Waals surface area contributed by atoms with Gasteiger partial charge in [-0.05, 0) is 24.3 Å². The Morgan fingerprint density at radius 1 is 0.657 bits per heavy atom. The number of fused-ring (bicyclic) bond motifs is 4. The summed E-state index contributed by atoms with van der Waals surface area (Å²) < 4.78 is 130. The maximum Gasteiger partial charge on any atom is 0.375 e. The van der Waals surface area contributed by atoms with Crippen LogP contribution in [0.5, 0.6) is 11.5 Å². The molecule has 0 amide bonds. The second kappa shape index (κ2) is 7.30. The summed E-state index contributed by atoms with van der Waals surface area (Å²) in [5.74, 6) is -22.2. The Labute approximate surface area is 191 Å². The summed E-state index contributed by atoms with van der Waals surface area (Å²) in [4.78, 5) is 13.4. The van der Waals surface area contributed by atoms with Gasteiger partial charge < -0.3 is 9.47 Å². The van der Waals surface area contributed by atoms with Gasteiger partial charge in [0.2, 0.25) is 0 Å². The molecule has 1 fully saturated rings. The molecule has 0 bridgehead atoms. The maximum atomic E-state index is 15.1. The lowest BCUT2D eigenvalue weighted by Crippen LogP contribution is -2.74. The maximum absolute atomic E-state index is 15.1. The van der Waals surface area contributed by atoms with Crippen molar-refractivity contribution in [3.8, 4) is 11.5 Å². The molecule has 5 rings (SSSR count). The summed E-state index contributed by atoms with van der Waals surface area (Å²) in [6.45, 7) is 0. The Morgan fingerprint density at radius 2 is 1.03 bits per heavy atom. The van der Waals surface area contributed by atoms with Crippen molar-refractivity contribution in [2.24, 2.45) is 0 Å². The van der Waals surface area contributed by atoms with Crippen LogP contribution in [0.3, 0.4) is 0 Å². The Bertz CT molecular complexity index is 1190. The number of para-hydroxylation sites is 2. The number of carbonyl (C=O) groups excluding carboxylic acids is 1. The van der Waals surface area contributed by atoms with E-state index in [9.17, 15) is 22.4 Å². The second-order valence-electron chi connectivity index (χ2n) is 7.91. The molecular weight excluding hydrogens is 492 g/mol. The lowest BCUT2D eigenvalue weighted by Gasteiger charge is -2.53. The van der Waals surface area contributed by atoms with Crippen molar-refractivity contribution >= 4 is 17.9 Å². The van der Waals surface area contributed by atoms with Crippen LogP contribution in [0.25, 0.3) is 12.2 Å². The quantitative estimate of drug-likeness (QED) is 0.499. The third-order valence-corrected chi connectivity index (χ3v) is 5.86. The van der Waals surface area contributed by atoms with Crippen molar-refractivity contribution in [1.29, 1.82) is 0 Å². The smallest absolute Gasteiger partial charge is 0.375 e. The largest absolute Gasteiger partial charge is 0.451 e. The van der Waals surface area contributed by atoms with E-state index in [0.29, 0.717) is 12.2 Å². The van der Waals surface area contributed by atoms with Gasteiger partial charge in [-0.1, -0.05) is 36.4 Å². The number of ketones is 1. The standard InChI is InChI=1S/C23H12F8O4/c24-18(25)20(28,29)22-13(9-11-5-1-3-7-15(11)33-22)17(32)14-10-12-6-2-4-8-16(12)34-23(14,35-22)21(30,31)19(26)27/h1-10,18-19H/t22-,23-/m1/s1. The van der Waals surface area contributed by atoms with Gasteiger partial charge in [0.1, 0.15) is 11.5 Å². The van der Waals surface area contributed by atoms with Crippen molar-refractivity contribution in [2.75, 3.05) is 0 Å². The molecule has 0 aliphatic carbocycles. The number of rotatable bonds is 4. The summed E-state index contributed by atoms with van der Waals surface area (Å²) in [5.41, 5.74) is -2.63. The third kappa shape index (κ3) is 2.92. The molecule has 0 unspecified atom stereocenters. The van der Waals surface area contributed by atoms with Gasteiger partial charge in [-0.2, -0.15) is 17.6 Å². The van der Waals surface area contributed by atoms with E-state index in [2.05, 4.69) is 0 Å². The number of carbonyl (C=O) groups is 1. The average molecular weight is 504 g/mol. The summed E-state index contributed by atoms with van der Waals surface area (Å²) in [5, 5.41) is 0. The molecule has 3 aliphatic heterocycles. The highest BCUT2D eigenvalue weighted by atomic mass is 19.3. The fourth-order valence-corrected chi connectivity index (χ4v) is 4.15. The first-order valence-corrected chi connectivity index (χ1v) is 9.94. The minimum Gasteiger partial charge on any atom is -0.451 e. The Balaban J connectivity index is 1.85. The fourth-order valence-electron chi connectivity index (χ4n) is 4.15. The number of hydrogen-bond acceptors (Lipinski definition) is 4. The van der Waals surface area contributed by atoms with Gasteiger partial charge in [0, 0.05) is 11.1 Å². The molecule has 4 nitrogen and oxygen atoms in total. The minimum absolute atomic E-state index is 0.0361. The van der Waals surface area contributed by atoms with Gasteiger partial charge in [-0.15, -0.1) is 0 Å². The number of ether oxygens (including phenoxy) is 3. The van der Waals surface area contributed by atoms with E-state index < -0.39 is 64.7 Å². The van der Waals surface area contributed by atoms with E-state index in [1.165, 1.54) is 36.4 Å². The Hall–Kier alpha value is -3.41. The van der Waals surface area contributed by atoms with Crippen LogP contribution in [-0.4, -0.2) is 42.1 Å². The van der Waals surface area contributed by atoms with Crippen molar-refractivity contribution in [1.82, 2.24) is 0 Å². The van der Waals surface area contributed by atoms with Crippen LogP contribution in [0.2, 0.25) is 0 Å². The second-order valence-corrected chi connectivity index (χ2v) is 7.91. The number of halogens is 8. The Morgan fingerprint density at radius 3 is 1.40 bits per heavy atom. The third-order valence-electron chi connectivity index (χ3n) is 5.86. The van der Waals surface area contributed by atoms with Gasteiger partial charge in [-0.3, -0.25) is 9.53 Å². The number of alkyl halides is 8. The summed E-state index contributed by atoms with van der Waals surface area (Å²) in [6, 6.07) is 9.91. The van der Waals surface area contributed by atoms with E-state index >= 15 is 17.6 Å². The molecule has 2 atom stereocenters. The topological polar surface area (TPSA) is 44.8 Å². The van der Waals surface area contributed by atoms with E-state index in [4.69, 9.17) is 14.2 Å². The average Bonchev–Trinajstić information content (AvgIpc) is 2.81. The van der Waals surface area contributed by atoms with E-state index in [1.807, 2.05) is 0 Å². The highest BCUT2D eigenvalue weighted by Gasteiger charge is 2.80. The van der Waals surface area contributed by atoms with Crippen LogP contribution in [0, 0.1) is 0 Å². The number of hydrogen-bond donors (Lipinski definition) is 0. The molecule has 3 aliphatic rings. The first-order valence-electron chi connectivity index (χ1n) is 9.94. The summed E-state index contributed by atoms with van der Waals surface area (Å²) in [7, 11) is 0. The molecule has 0 N–H and O–H groups in total. The zero-order valence-electron chi connectivity index (χ0n) is 17.1. The minimum atomic E-state index is -5.47. The molecule has 1 saturated heterocycles. The number of benzene rings is 2. The molecule has 0 radical (unpaired) electrons. The molecule has 2 aromatic carbocycles. The van der Waals surface area contributed by atoms with E-state index in [-0.39, 0.29) is 11.1 Å². The molecule has 2 aromatic rings. The lowest BCUT2D eigenvalue weighted by molar-refractivity contribution is -0.417. The molecular formula is C23H12F8O4. The highest BCUT2D eigenvalue weighted by molar-refractivity contribution is 6.17. The zero-order valence-corrected chi connectivity index (χ0v) is 17.1. The van der Waals surface area contributed by atoms with Gasteiger partial charge in [0.05, 0.1) is 11.1 Å². The molecule has 12 heteroatoms. The van der Waals surface area contributed by atoms with Crippen molar-refractivity contribution in [2.45, 2.75) is 36.3 Å². The highest BCUT2D eigenvalue weighted by Crippen LogP contribution is 2.59. The van der Waals surface area contributed by atoms with Crippen molar-refractivity contribution in [3.63, 3.8) is 0 Å². The monoisotopic (exact) mass is 504 g/mol.